The van der Waals surface area contributed by atoms with E-state index < -0.39 is 0 Å². The van der Waals surface area contributed by atoms with Crippen molar-refractivity contribution in [3.63, 3.8) is 0 Å². The van der Waals surface area contributed by atoms with Gasteiger partial charge >= 0.3 is 0 Å². The summed E-state index contributed by atoms with van der Waals surface area (Å²) < 4.78 is 0. The van der Waals surface area contributed by atoms with Gasteiger partial charge in [0.05, 0.1) is 0 Å². The first-order valence-corrected chi connectivity index (χ1v) is 3.97. The lowest BCUT2D eigenvalue weighted by atomic mass is 10.1. The summed E-state index contributed by atoms with van der Waals surface area (Å²) in [4.78, 5) is 0. The Morgan fingerprint density at radius 2 is 2.22 bits per heavy atom. The molecule has 9 heavy (non-hydrogen) atoms. The fourth-order valence-corrected chi connectivity index (χ4v) is 0.737. The lowest BCUT2D eigenvalue weighted by molar-refractivity contribution is 0.693. The Morgan fingerprint density at radius 1 is 1.67 bits per heavy atom. The van der Waals surface area contributed by atoms with Crippen molar-refractivity contribution < 1.29 is 0 Å². The molecule has 0 saturated carbocycles. The van der Waals surface area contributed by atoms with Crippen LogP contribution in [-0.2, 0) is 0 Å². The zero-order chi connectivity index (χ0) is 7.28. The third kappa shape index (κ3) is 4.53. The number of rotatable bonds is 3. The summed E-state index contributed by atoms with van der Waals surface area (Å²) in [7, 11) is 0. The van der Waals surface area contributed by atoms with E-state index in [1.165, 1.54) is 12.0 Å². The topological polar surface area (TPSA) is 0 Å². The SMILES string of the molecule is CCC(C)/C=C(/C)CCl. The fourth-order valence-electron chi connectivity index (χ4n) is 0.648. The number of alkyl halides is 1. The van der Waals surface area contributed by atoms with Gasteiger partial charge in [0.25, 0.3) is 0 Å². The van der Waals surface area contributed by atoms with Gasteiger partial charge in [-0.15, -0.1) is 11.6 Å². The molecule has 0 aliphatic rings. The van der Waals surface area contributed by atoms with Crippen molar-refractivity contribution >= 4 is 11.6 Å². The summed E-state index contributed by atoms with van der Waals surface area (Å²) in [6.07, 6.45) is 3.43. The first-order chi connectivity index (χ1) is 4.20. The minimum absolute atomic E-state index is 0.671. The quantitative estimate of drug-likeness (QED) is 0.424. The second-order valence-corrected chi connectivity index (χ2v) is 2.80. The van der Waals surface area contributed by atoms with Crippen molar-refractivity contribution in [1.82, 2.24) is 0 Å². The highest BCUT2D eigenvalue weighted by atomic mass is 35.5. The number of hydrogen-bond donors (Lipinski definition) is 0. The van der Waals surface area contributed by atoms with Gasteiger partial charge in [-0.2, -0.15) is 0 Å². The van der Waals surface area contributed by atoms with Crippen molar-refractivity contribution in [1.29, 1.82) is 0 Å². The Kier molecular flexibility index (Phi) is 4.88. The van der Waals surface area contributed by atoms with Gasteiger partial charge < -0.3 is 0 Å². The normalized spacial score (nSPS) is 15.8. The minimum atomic E-state index is 0.671. The zero-order valence-corrected chi connectivity index (χ0v) is 7.20. The lowest BCUT2D eigenvalue weighted by Crippen LogP contribution is -1.88. The van der Waals surface area contributed by atoms with Crippen molar-refractivity contribution in [3.05, 3.63) is 11.6 Å². The Morgan fingerprint density at radius 3 is 2.56 bits per heavy atom. The molecule has 0 aromatic carbocycles. The smallest absolute Gasteiger partial charge is 0.0430 e. The first kappa shape index (κ1) is 9.03. The molecule has 0 bridgehead atoms. The van der Waals surface area contributed by atoms with Gasteiger partial charge in [-0.3, -0.25) is 0 Å². The van der Waals surface area contributed by atoms with Crippen LogP contribution in [0.2, 0.25) is 0 Å². The molecule has 0 aliphatic heterocycles. The van der Waals surface area contributed by atoms with Crippen LogP contribution in [0.15, 0.2) is 11.6 Å². The van der Waals surface area contributed by atoms with Gasteiger partial charge in [0.2, 0.25) is 0 Å². The van der Waals surface area contributed by atoms with Crippen LogP contribution in [0.5, 0.6) is 0 Å². The summed E-state index contributed by atoms with van der Waals surface area (Å²) in [6.45, 7) is 6.46. The van der Waals surface area contributed by atoms with Gasteiger partial charge in [0.1, 0.15) is 0 Å². The molecule has 0 spiro atoms. The molecule has 0 N–H and O–H groups in total. The van der Waals surface area contributed by atoms with Crippen LogP contribution < -0.4 is 0 Å². The average molecular weight is 147 g/mol. The second-order valence-electron chi connectivity index (χ2n) is 2.53. The van der Waals surface area contributed by atoms with E-state index in [0.29, 0.717) is 11.8 Å². The van der Waals surface area contributed by atoms with Crippen molar-refractivity contribution in [2.75, 3.05) is 5.88 Å². The molecule has 0 nitrogen and oxygen atoms in total. The summed E-state index contributed by atoms with van der Waals surface area (Å²) in [5, 5.41) is 0. The summed E-state index contributed by atoms with van der Waals surface area (Å²) >= 11 is 5.58. The Labute approximate surface area is 62.9 Å². The van der Waals surface area contributed by atoms with Crippen LogP contribution in [0.25, 0.3) is 0 Å². The first-order valence-electron chi connectivity index (χ1n) is 3.44. The molecule has 0 amide bonds. The molecule has 0 radical (unpaired) electrons. The number of halogens is 1. The highest BCUT2D eigenvalue weighted by Gasteiger charge is 1.92. The van der Waals surface area contributed by atoms with Gasteiger partial charge in [0.15, 0.2) is 0 Å². The molecule has 0 fully saturated rings. The standard InChI is InChI=1S/C8H15Cl/c1-4-7(2)5-8(3)6-9/h5,7H,4,6H2,1-3H3/b8-5-. The molecule has 0 saturated heterocycles. The maximum absolute atomic E-state index is 5.58. The summed E-state index contributed by atoms with van der Waals surface area (Å²) in [5.74, 6) is 1.36. The van der Waals surface area contributed by atoms with Crippen LogP contribution in [0.3, 0.4) is 0 Å². The molecule has 1 unspecified atom stereocenters. The van der Waals surface area contributed by atoms with E-state index in [1.54, 1.807) is 0 Å². The van der Waals surface area contributed by atoms with E-state index in [2.05, 4.69) is 26.8 Å². The van der Waals surface area contributed by atoms with Crippen LogP contribution in [0.1, 0.15) is 27.2 Å². The number of hydrogen-bond acceptors (Lipinski definition) is 0. The van der Waals surface area contributed by atoms with E-state index in [1.807, 2.05) is 0 Å². The van der Waals surface area contributed by atoms with Crippen molar-refractivity contribution in [2.24, 2.45) is 5.92 Å². The highest BCUT2D eigenvalue weighted by molar-refractivity contribution is 6.19. The van der Waals surface area contributed by atoms with Crippen molar-refractivity contribution in [3.8, 4) is 0 Å². The highest BCUT2D eigenvalue weighted by Crippen LogP contribution is 2.06. The number of allylic oxidation sites excluding steroid dienone is 2. The Hall–Kier alpha value is 0.0300. The van der Waals surface area contributed by atoms with E-state index >= 15 is 0 Å². The molecule has 0 rings (SSSR count). The third-order valence-electron chi connectivity index (χ3n) is 1.42. The molecular weight excluding hydrogens is 132 g/mol. The van der Waals surface area contributed by atoms with Gasteiger partial charge in [-0.25, -0.2) is 0 Å². The van der Waals surface area contributed by atoms with E-state index in [4.69, 9.17) is 11.6 Å². The van der Waals surface area contributed by atoms with Gasteiger partial charge in [-0.05, 0) is 12.8 Å². The molecule has 0 aliphatic carbocycles. The maximum Gasteiger partial charge on any atom is 0.0430 e. The van der Waals surface area contributed by atoms with Crippen LogP contribution in [0.4, 0.5) is 0 Å². The van der Waals surface area contributed by atoms with Crippen LogP contribution in [0, 0.1) is 5.92 Å². The predicted octanol–water partition coefficient (Wildman–Crippen LogP) is 3.22. The molecule has 0 heterocycles. The average Bonchev–Trinajstić information content (AvgIpc) is 1.87. The fraction of sp³-hybridized carbons (Fsp3) is 0.750. The molecule has 1 atom stereocenters. The third-order valence-corrected chi connectivity index (χ3v) is 1.85. The van der Waals surface area contributed by atoms with Gasteiger partial charge in [-0.1, -0.05) is 31.9 Å². The van der Waals surface area contributed by atoms with E-state index in [9.17, 15) is 0 Å². The molecular formula is C8H15Cl. The maximum atomic E-state index is 5.58. The molecule has 0 aromatic heterocycles. The van der Waals surface area contributed by atoms with E-state index in [0.717, 1.165) is 0 Å². The Balaban J connectivity index is 3.64. The summed E-state index contributed by atoms with van der Waals surface area (Å²) in [5.41, 5.74) is 1.28. The summed E-state index contributed by atoms with van der Waals surface area (Å²) in [6, 6.07) is 0. The van der Waals surface area contributed by atoms with Crippen LogP contribution in [-0.4, -0.2) is 5.88 Å². The lowest BCUT2D eigenvalue weighted by Gasteiger charge is -2.01. The largest absolute Gasteiger partial charge is 0.122 e. The monoisotopic (exact) mass is 146 g/mol. The predicted molar refractivity (Wildman–Crippen MR) is 43.9 cm³/mol. The molecule has 0 aromatic rings. The van der Waals surface area contributed by atoms with E-state index in [-0.39, 0.29) is 0 Å². The van der Waals surface area contributed by atoms with Crippen LogP contribution >= 0.6 is 11.6 Å². The molecule has 1 heteroatoms. The zero-order valence-electron chi connectivity index (χ0n) is 6.45. The Bertz CT molecular complexity index is 94.7. The second kappa shape index (κ2) is 4.87. The minimum Gasteiger partial charge on any atom is -0.122 e. The molecule has 54 valence electrons. The van der Waals surface area contributed by atoms with Gasteiger partial charge in [0, 0.05) is 5.88 Å². The van der Waals surface area contributed by atoms with Crippen molar-refractivity contribution in [2.45, 2.75) is 27.2 Å².